The number of anilines is 1. The molecule has 0 saturated heterocycles. The van der Waals surface area contributed by atoms with Crippen LogP contribution in [0.4, 0.5) is 5.95 Å². The summed E-state index contributed by atoms with van der Waals surface area (Å²) in [5, 5.41) is 12.7. The number of methoxy groups -OCH3 is 1. The number of ether oxygens (including phenoxy) is 1. The van der Waals surface area contributed by atoms with Gasteiger partial charge in [0.05, 0.1) is 30.8 Å². The summed E-state index contributed by atoms with van der Waals surface area (Å²) < 4.78 is 6.80. The number of imidazole rings is 1. The van der Waals surface area contributed by atoms with Crippen LogP contribution in [0.3, 0.4) is 0 Å². The summed E-state index contributed by atoms with van der Waals surface area (Å²) in [6, 6.07) is 11.6. The lowest BCUT2D eigenvalue weighted by Gasteiger charge is -2.11. The zero-order valence-electron chi connectivity index (χ0n) is 13.5. The van der Waals surface area contributed by atoms with Crippen molar-refractivity contribution in [2.75, 3.05) is 19.0 Å². The van der Waals surface area contributed by atoms with Gasteiger partial charge in [-0.05, 0) is 31.2 Å². The second-order valence-electron chi connectivity index (χ2n) is 5.50. The molecule has 2 heterocycles. The summed E-state index contributed by atoms with van der Waals surface area (Å²) in [5.74, 6) is 0.374. The van der Waals surface area contributed by atoms with Crippen LogP contribution in [0.1, 0.15) is 21.5 Å². The number of hydrogen-bond acceptors (Lipinski definition) is 6. The number of carbonyl (C=O) groups excluding carboxylic acids is 1. The fraction of sp³-hybridized carbons (Fsp3) is 0.294. The summed E-state index contributed by atoms with van der Waals surface area (Å²) in [6.45, 7) is 2.73. The van der Waals surface area contributed by atoms with E-state index < -0.39 is 6.10 Å². The number of aromatic nitrogens is 2. The van der Waals surface area contributed by atoms with E-state index in [1.165, 1.54) is 18.4 Å². The minimum atomic E-state index is -0.467. The summed E-state index contributed by atoms with van der Waals surface area (Å²) in [6.07, 6.45) is -0.467. The highest BCUT2D eigenvalue weighted by Crippen LogP contribution is 2.24. The molecule has 0 radical (unpaired) electrons. The zero-order valence-corrected chi connectivity index (χ0v) is 14.3. The predicted molar refractivity (Wildman–Crippen MR) is 94.7 cm³/mol. The lowest BCUT2D eigenvalue weighted by molar-refractivity contribution is 0.0606. The summed E-state index contributed by atoms with van der Waals surface area (Å²) in [4.78, 5) is 17.8. The highest BCUT2D eigenvalue weighted by molar-refractivity contribution is 7.13. The van der Waals surface area contributed by atoms with Crippen molar-refractivity contribution in [2.45, 2.75) is 19.6 Å². The summed E-state index contributed by atoms with van der Waals surface area (Å²) in [5.41, 5.74) is 1.88. The van der Waals surface area contributed by atoms with Crippen LogP contribution in [0.5, 0.6) is 0 Å². The standard InChI is InChI=1S/C17H19N3O3S/c1-11(21)9-18-17-19-13-5-3-4-6-14(13)20(17)10-12-7-8-15(24-12)16(22)23-2/h3-8,11,21H,9-10H2,1-2H3,(H,18,19). The van der Waals surface area contributed by atoms with Gasteiger partial charge in [-0.15, -0.1) is 11.3 Å². The van der Waals surface area contributed by atoms with Gasteiger partial charge in [-0.1, -0.05) is 12.1 Å². The molecule has 3 rings (SSSR count). The Morgan fingerprint density at radius 1 is 1.38 bits per heavy atom. The van der Waals surface area contributed by atoms with Gasteiger partial charge < -0.3 is 19.7 Å². The van der Waals surface area contributed by atoms with Crippen LogP contribution in [0.25, 0.3) is 11.0 Å². The second kappa shape index (κ2) is 7.02. The van der Waals surface area contributed by atoms with Crippen molar-refractivity contribution in [1.82, 2.24) is 9.55 Å². The Labute approximate surface area is 143 Å². The number of carbonyl (C=O) groups is 1. The molecule has 6 nitrogen and oxygen atoms in total. The third-order valence-electron chi connectivity index (χ3n) is 3.57. The molecule has 1 unspecified atom stereocenters. The van der Waals surface area contributed by atoms with Crippen molar-refractivity contribution >= 4 is 34.3 Å². The Hall–Kier alpha value is -2.38. The Balaban J connectivity index is 1.93. The number of fused-ring (bicyclic) bond motifs is 1. The highest BCUT2D eigenvalue weighted by atomic mass is 32.1. The van der Waals surface area contributed by atoms with E-state index >= 15 is 0 Å². The fourth-order valence-electron chi connectivity index (χ4n) is 2.44. The van der Waals surface area contributed by atoms with Gasteiger partial charge in [0.1, 0.15) is 4.88 Å². The van der Waals surface area contributed by atoms with Gasteiger partial charge in [0.15, 0.2) is 0 Å². The lowest BCUT2D eigenvalue weighted by atomic mass is 10.3. The largest absolute Gasteiger partial charge is 0.465 e. The Kier molecular flexibility index (Phi) is 4.82. The molecule has 0 aliphatic heterocycles. The molecule has 2 N–H and O–H groups in total. The number of rotatable bonds is 6. The van der Waals surface area contributed by atoms with Crippen molar-refractivity contribution < 1.29 is 14.6 Å². The first-order chi connectivity index (χ1) is 11.6. The van der Waals surface area contributed by atoms with Gasteiger partial charge in [-0.3, -0.25) is 0 Å². The van der Waals surface area contributed by atoms with Gasteiger partial charge in [0, 0.05) is 11.4 Å². The van der Waals surface area contributed by atoms with E-state index in [0.29, 0.717) is 23.9 Å². The third-order valence-corrected chi connectivity index (χ3v) is 4.62. The van der Waals surface area contributed by atoms with Gasteiger partial charge in [-0.25, -0.2) is 9.78 Å². The van der Waals surface area contributed by atoms with Gasteiger partial charge in [0.2, 0.25) is 5.95 Å². The smallest absolute Gasteiger partial charge is 0.348 e. The van der Waals surface area contributed by atoms with Crippen LogP contribution < -0.4 is 5.32 Å². The van der Waals surface area contributed by atoms with Gasteiger partial charge in [0.25, 0.3) is 0 Å². The second-order valence-corrected chi connectivity index (χ2v) is 6.67. The Morgan fingerprint density at radius 3 is 2.92 bits per heavy atom. The average molecular weight is 345 g/mol. The van der Waals surface area contributed by atoms with Crippen molar-refractivity contribution in [3.63, 3.8) is 0 Å². The topological polar surface area (TPSA) is 76.4 Å². The Bertz CT molecular complexity index is 854. The molecule has 7 heteroatoms. The van der Waals surface area contributed by atoms with Gasteiger partial charge in [-0.2, -0.15) is 0 Å². The van der Waals surface area contributed by atoms with E-state index in [0.717, 1.165) is 15.9 Å². The number of esters is 1. The fourth-order valence-corrected chi connectivity index (χ4v) is 3.35. The molecule has 0 fully saturated rings. The maximum Gasteiger partial charge on any atom is 0.348 e. The number of hydrogen-bond donors (Lipinski definition) is 2. The van der Waals surface area contributed by atoms with E-state index in [9.17, 15) is 9.90 Å². The molecular weight excluding hydrogens is 326 g/mol. The molecule has 2 aromatic heterocycles. The first-order valence-corrected chi connectivity index (χ1v) is 8.44. The summed E-state index contributed by atoms with van der Waals surface area (Å²) in [7, 11) is 1.38. The van der Waals surface area contributed by atoms with E-state index in [4.69, 9.17) is 4.74 Å². The first kappa shape index (κ1) is 16.5. The molecule has 0 aliphatic rings. The number of para-hydroxylation sites is 2. The first-order valence-electron chi connectivity index (χ1n) is 7.62. The summed E-state index contributed by atoms with van der Waals surface area (Å²) >= 11 is 1.41. The number of nitrogens with one attached hydrogen (secondary N) is 1. The molecule has 1 aromatic carbocycles. The molecule has 3 aromatic rings. The third kappa shape index (κ3) is 3.42. The number of aliphatic hydroxyl groups is 1. The highest BCUT2D eigenvalue weighted by Gasteiger charge is 2.14. The van der Waals surface area contributed by atoms with Crippen LogP contribution in [-0.4, -0.2) is 40.4 Å². The molecule has 0 amide bonds. The molecule has 0 saturated carbocycles. The maximum atomic E-state index is 11.6. The molecule has 0 bridgehead atoms. The van der Waals surface area contributed by atoms with Crippen molar-refractivity contribution in [3.8, 4) is 0 Å². The van der Waals surface area contributed by atoms with E-state index in [1.54, 1.807) is 13.0 Å². The maximum absolute atomic E-state index is 11.6. The van der Waals surface area contributed by atoms with Crippen LogP contribution in [-0.2, 0) is 11.3 Å². The van der Waals surface area contributed by atoms with Crippen LogP contribution in [0.15, 0.2) is 36.4 Å². The minimum absolute atomic E-state index is 0.325. The van der Waals surface area contributed by atoms with Crippen molar-refractivity contribution in [1.29, 1.82) is 0 Å². The van der Waals surface area contributed by atoms with E-state index in [-0.39, 0.29) is 5.97 Å². The molecular formula is C17H19N3O3S. The number of thiophene rings is 1. The number of benzene rings is 1. The lowest BCUT2D eigenvalue weighted by Crippen LogP contribution is -2.18. The number of nitrogens with zero attached hydrogens (tertiary/aromatic N) is 2. The monoisotopic (exact) mass is 345 g/mol. The normalized spacial score (nSPS) is 12.3. The molecule has 0 aliphatic carbocycles. The minimum Gasteiger partial charge on any atom is -0.465 e. The van der Waals surface area contributed by atoms with Crippen molar-refractivity contribution in [2.24, 2.45) is 0 Å². The predicted octanol–water partition coefficient (Wildman–Crippen LogP) is 2.73. The molecule has 0 spiro atoms. The molecule has 126 valence electrons. The van der Waals surface area contributed by atoms with Crippen molar-refractivity contribution in [3.05, 3.63) is 46.2 Å². The van der Waals surface area contributed by atoms with E-state index in [1.807, 2.05) is 34.9 Å². The van der Waals surface area contributed by atoms with Crippen LogP contribution in [0, 0.1) is 0 Å². The Morgan fingerprint density at radius 2 is 2.17 bits per heavy atom. The zero-order chi connectivity index (χ0) is 17.1. The van der Waals surface area contributed by atoms with Crippen LogP contribution >= 0.6 is 11.3 Å². The molecule has 24 heavy (non-hydrogen) atoms. The quantitative estimate of drug-likeness (QED) is 0.672. The van der Waals surface area contributed by atoms with Gasteiger partial charge >= 0.3 is 5.97 Å². The number of aliphatic hydroxyl groups excluding tert-OH is 1. The molecule has 1 atom stereocenters. The van der Waals surface area contributed by atoms with E-state index in [2.05, 4.69) is 10.3 Å². The van der Waals surface area contributed by atoms with Crippen LogP contribution in [0.2, 0.25) is 0 Å². The average Bonchev–Trinajstić information content (AvgIpc) is 3.18. The SMILES string of the molecule is COC(=O)c1ccc(Cn2c(NCC(C)O)nc3ccccc32)s1.